The summed E-state index contributed by atoms with van der Waals surface area (Å²) in [6, 6.07) is 0. The molecule has 0 aliphatic heterocycles. The van der Waals surface area contributed by atoms with Gasteiger partial charge in [0.1, 0.15) is 0 Å². The Morgan fingerprint density at radius 1 is 1.00 bits per heavy atom. The Morgan fingerprint density at radius 2 is 1.68 bits per heavy atom. The summed E-state index contributed by atoms with van der Waals surface area (Å²) in [5.41, 5.74) is 0. The highest BCUT2D eigenvalue weighted by atomic mass is 16.5. The van der Waals surface area contributed by atoms with Gasteiger partial charge >= 0.3 is 5.97 Å². The van der Waals surface area contributed by atoms with E-state index in [1.165, 1.54) is 7.11 Å². The number of allylic oxidation sites excluding steroid dienone is 5. The van der Waals surface area contributed by atoms with Crippen LogP contribution in [0.25, 0.3) is 0 Å². The topological polar surface area (TPSA) is 52.6 Å². The van der Waals surface area contributed by atoms with Crippen LogP contribution < -0.4 is 0 Å². The molecule has 4 heteroatoms. The summed E-state index contributed by atoms with van der Waals surface area (Å²) in [4.78, 5) is 22.4. The quantitative estimate of drug-likeness (QED) is 0.238. The van der Waals surface area contributed by atoms with Crippen molar-refractivity contribution in [3.63, 3.8) is 0 Å². The Balaban J connectivity index is 3.86. The van der Waals surface area contributed by atoms with Crippen molar-refractivity contribution in [3.05, 3.63) is 36.5 Å². The minimum atomic E-state index is -0.227. The predicted molar refractivity (Wildman–Crippen MR) is 88.6 cm³/mol. The average molecular weight is 308 g/mol. The summed E-state index contributed by atoms with van der Waals surface area (Å²) in [5.74, 6) is -0.158. The molecule has 0 rings (SSSR count). The number of rotatable bonds is 12. The van der Waals surface area contributed by atoms with Gasteiger partial charge in [-0.3, -0.25) is 9.59 Å². The molecule has 0 aromatic rings. The second kappa shape index (κ2) is 14.3. The van der Waals surface area contributed by atoms with Crippen LogP contribution in [0.3, 0.4) is 0 Å². The van der Waals surface area contributed by atoms with Gasteiger partial charge in [-0.15, -0.1) is 0 Å². The van der Waals surface area contributed by atoms with Gasteiger partial charge in [0.25, 0.3) is 0 Å². The van der Waals surface area contributed by atoms with Crippen molar-refractivity contribution in [2.45, 2.75) is 51.6 Å². The van der Waals surface area contributed by atoms with Gasteiger partial charge in [0, 0.05) is 20.0 Å². The molecule has 124 valence electrons. The van der Waals surface area contributed by atoms with Gasteiger partial charge in [-0.2, -0.15) is 0 Å². The highest BCUT2D eigenvalue weighted by molar-refractivity contribution is 5.89. The number of esters is 1. The monoisotopic (exact) mass is 308 g/mol. The van der Waals surface area contributed by atoms with E-state index in [-0.39, 0.29) is 17.9 Å². The fourth-order valence-corrected chi connectivity index (χ4v) is 1.81. The molecule has 0 aromatic carbocycles. The molecule has 0 saturated carbocycles. The zero-order chi connectivity index (χ0) is 16.6. The van der Waals surface area contributed by atoms with Crippen LogP contribution in [0.4, 0.5) is 0 Å². The lowest BCUT2D eigenvalue weighted by Crippen LogP contribution is -2.05. The van der Waals surface area contributed by atoms with Crippen LogP contribution in [0.1, 0.15) is 45.4 Å². The third-order valence-corrected chi connectivity index (χ3v) is 3.10. The second-order valence-electron chi connectivity index (χ2n) is 4.94. The molecule has 4 nitrogen and oxygen atoms in total. The molecule has 0 radical (unpaired) electrons. The number of methoxy groups -OCH3 is 2. The van der Waals surface area contributed by atoms with Crippen LogP contribution in [0.2, 0.25) is 0 Å². The highest BCUT2D eigenvalue weighted by Gasteiger charge is 2.01. The fourth-order valence-electron chi connectivity index (χ4n) is 1.81. The second-order valence-corrected chi connectivity index (χ2v) is 4.94. The number of ketones is 1. The normalized spacial score (nSPS) is 13.2. The molecule has 0 aliphatic rings. The van der Waals surface area contributed by atoms with Crippen LogP contribution in [0.5, 0.6) is 0 Å². The summed E-state index contributed by atoms with van der Waals surface area (Å²) in [7, 11) is 3.07. The predicted octanol–water partition coefficient (Wildman–Crippen LogP) is 3.77. The van der Waals surface area contributed by atoms with Crippen molar-refractivity contribution in [2.24, 2.45) is 0 Å². The van der Waals surface area contributed by atoms with Gasteiger partial charge in [-0.1, -0.05) is 43.7 Å². The van der Waals surface area contributed by atoms with Crippen molar-refractivity contribution in [2.75, 3.05) is 14.2 Å². The van der Waals surface area contributed by atoms with E-state index in [9.17, 15) is 9.59 Å². The maximum Gasteiger partial charge on any atom is 0.305 e. The summed E-state index contributed by atoms with van der Waals surface area (Å²) in [5, 5.41) is 0. The van der Waals surface area contributed by atoms with Gasteiger partial charge in [0.05, 0.1) is 13.2 Å². The molecule has 0 heterocycles. The van der Waals surface area contributed by atoms with Crippen molar-refractivity contribution in [1.29, 1.82) is 0 Å². The molecule has 0 N–H and O–H groups in total. The van der Waals surface area contributed by atoms with Crippen LogP contribution in [-0.2, 0) is 19.1 Å². The largest absolute Gasteiger partial charge is 0.469 e. The van der Waals surface area contributed by atoms with Crippen LogP contribution in [0, 0.1) is 0 Å². The minimum Gasteiger partial charge on any atom is -0.469 e. The lowest BCUT2D eigenvalue weighted by molar-refractivity contribution is -0.140. The van der Waals surface area contributed by atoms with Crippen LogP contribution in [-0.4, -0.2) is 32.1 Å². The molecule has 0 amide bonds. The van der Waals surface area contributed by atoms with E-state index >= 15 is 0 Å². The molecule has 0 bridgehead atoms. The van der Waals surface area contributed by atoms with Crippen molar-refractivity contribution in [1.82, 2.24) is 0 Å². The summed E-state index contributed by atoms with van der Waals surface area (Å²) < 4.78 is 9.83. The van der Waals surface area contributed by atoms with E-state index in [1.807, 2.05) is 24.3 Å². The van der Waals surface area contributed by atoms with E-state index in [1.54, 1.807) is 19.3 Å². The number of hydrogen-bond acceptors (Lipinski definition) is 4. The lowest BCUT2D eigenvalue weighted by atomic mass is 10.1. The summed E-state index contributed by atoms with van der Waals surface area (Å²) in [6.45, 7) is 2.12. The number of ether oxygens (including phenoxy) is 2. The first-order chi connectivity index (χ1) is 10.6. The van der Waals surface area contributed by atoms with Crippen LogP contribution in [0.15, 0.2) is 36.5 Å². The molecule has 0 saturated heterocycles. The maximum atomic E-state index is 11.6. The third-order valence-electron chi connectivity index (χ3n) is 3.10. The van der Waals surface area contributed by atoms with Crippen LogP contribution >= 0.6 is 0 Å². The first kappa shape index (κ1) is 20.3. The first-order valence-corrected chi connectivity index (χ1v) is 7.78. The minimum absolute atomic E-state index is 0.0687. The third kappa shape index (κ3) is 12.1. The van der Waals surface area contributed by atoms with Crippen molar-refractivity contribution in [3.8, 4) is 0 Å². The highest BCUT2D eigenvalue weighted by Crippen LogP contribution is 2.03. The van der Waals surface area contributed by atoms with E-state index < -0.39 is 0 Å². The molecule has 1 unspecified atom stereocenters. The number of hydrogen-bond donors (Lipinski definition) is 0. The smallest absolute Gasteiger partial charge is 0.305 e. The standard InChI is InChI=1S/C18H28O4/c1-4-11-17(21-2)14-8-6-5-7-12-16(19)13-9-10-15-18(20)22-3/h5-8,12,14,17H,4,9-11,13,15H2,1-3H3. The first-order valence-electron chi connectivity index (χ1n) is 7.78. The summed E-state index contributed by atoms with van der Waals surface area (Å²) in [6.07, 6.45) is 15.4. The Labute approximate surface area is 133 Å². The Morgan fingerprint density at radius 3 is 2.32 bits per heavy atom. The van der Waals surface area contributed by atoms with E-state index in [2.05, 4.69) is 11.7 Å². The summed E-state index contributed by atoms with van der Waals surface area (Å²) >= 11 is 0. The molecule has 0 spiro atoms. The SMILES string of the molecule is CCCC(C=CC=CC=CC(=O)CCCCC(=O)OC)OC. The molecule has 22 heavy (non-hydrogen) atoms. The van der Waals surface area contributed by atoms with E-state index in [0.29, 0.717) is 25.7 Å². The zero-order valence-corrected chi connectivity index (χ0v) is 13.9. The Bertz CT molecular complexity index is 394. The average Bonchev–Trinajstić information content (AvgIpc) is 2.53. The molecule has 0 aliphatic carbocycles. The van der Waals surface area contributed by atoms with E-state index in [4.69, 9.17) is 4.74 Å². The Hall–Kier alpha value is -1.68. The molecule has 1 atom stereocenters. The Kier molecular flexibility index (Phi) is 13.2. The number of unbranched alkanes of at least 4 members (excludes halogenated alkanes) is 1. The number of carbonyl (C=O) groups is 2. The molecular weight excluding hydrogens is 280 g/mol. The van der Waals surface area contributed by atoms with Crippen molar-refractivity contribution < 1.29 is 19.1 Å². The lowest BCUT2D eigenvalue weighted by Gasteiger charge is -2.07. The van der Waals surface area contributed by atoms with Gasteiger partial charge in [-0.25, -0.2) is 0 Å². The molecular formula is C18H28O4. The zero-order valence-electron chi connectivity index (χ0n) is 13.9. The molecule has 0 aromatic heterocycles. The van der Waals surface area contributed by atoms with Crippen molar-refractivity contribution >= 4 is 11.8 Å². The van der Waals surface area contributed by atoms with Gasteiger partial charge < -0.3 is 9.47 Å². The molecule has 0 fully saturated rings. The van der Waals surface area contributed by atoms with E-state index in [0.717, 1.165) is 12.8 Å². The fraction of sp³-hybridized carbons (Fsp3) is 0.556. The van der Waals surface area contributed by atoms with Gasteiger partial charge in [0.15, 0.2) is 5.78 Å². The van der Waals surface area contributed by atoms with Gasteiger partial charge in [-0.05, 0) is 25.3 Å². The van der Waals surface area contributed by atoms with Gasteiger partial charge in [0.2, 0.25) is 0 Å². The number of carbonyl (C=O) groups excluding carboxylic acids is 2. The maximum absolute atomic E-state index is 11.6.